The first-order valence-corrected chi connectivity index (χ1v) is 11.1. The van der Waals surface area contributed by atoms with Gasteiger partial charge in [-0.1, -0.05) is 36.4 Å². The summed E-state index contributed by atoms with van der Waals surface area (Å²) >= 11 is 0. The summed E-state index contributed by atoms with van der Waals surface area (Å²) in [5, 5.41) is 0. The second-order valence-electron chi connectivity index (χ2n) is 7.88. The molecule has 37 heavy (non-hydrogen) atoms. The van der Waals surface area contributed by atoms with Crippen LogP contribution in [0.25, 0.3) is 22.4 Å². The predicted octanol–water partition coefficient (Wildman–Crippen LogP) is 6.31. The molecule has 0 aliphatic heterocycles. The molecule has 1 heterocycles. The number of alkyl halides is 3. The van der Waals surface area contributed by atoms with Gasteiger partial charge in [0.1, 0.15) is 18.2 Å². The van der Waals surface area contributed by atoms with Crippen LogP contribution in [0.3, 0.4) is 0 Å². The SMILES string of the molecule is CCOC(=O)c1nc(-c2ccccc2-c2cc(C(F)(F)F)ccc2OCc2ccc(F)cc2)cnc1N. The third-order valence-corrected chi connectivity index (χ3v) is 5.38. The van der Waals surface area contributed by atoms with Gasteiger partial charge in [-0.15, -0.1) is 0 Å². The van der Waals surface area contributed by atoms with Crippen LogP contribution in [0.15, 0.2) is 72.9 Å². The summed E-state index contributed by atoms with van der Waals surface area (Å²) in [5.74, 6) is -1.16. The van der Waals surface area contributed by atoms with Crippen LogP contribution < -0.4 is 10.5 Å². The summed E-state index contributed by atoms with van der Waals surface area (Å²) in [6.45, 7) is 1.72. The lowest BCUT2D eigenvalue weighted by Crippen LogP contribution is -2.12. The van der Waals surface area contributed by atoms with Gasteiger partial charge < -0.3 is 15.2 Å². The monoisotopic (exact) mass is 511 g/mol. The van der Waals surface area contributed by atoms with Crippen LogP contribution in [-0.2, 0) is 17.5 Å². The minimum absolute atomic E-state index is 0.00447. The maximum absolute atomic E-state index is 13.6. The van der Waals surface area contributed by atoms with Gasteiger partial charge in [0.2, 0.25) is 0 Å². The molecule has 0 atom stereocenters. The van der Waals surface area contributed by atoms with Crippen molar-refractivity contribution in [3.8, 4) is 28.1 Å². The second kappa shape index (κ2) is 10.7. The van der Waals surface area contributed by atoms with Crippen molar-refractivity contribution in [2.45, 2.75) is 19.7 Å². The average Bonchev–Trinajstić information content (AvgIpc) is 2.88. The average molecular weight is 511 g/mol. The van der Waals surface area contributed by atoms with Crippen molar-refractivity contribution in [1.29, 1.82) is 0 Å². The van der Waals surface area contributed by atoms with Gasteiger partial charge in [-0.05, 0) is 48.4 Å². The normalized spacial score (nSPS) is 11.3. The van der Waals surface area contributed by atoms with E-state index in [1.807, 2.05) is 0 Å². The number of carbonyl (C=O) groups excluding carboxylic acids is 1. The number of rotatable bonds is 7. The van der Waals surface area contributed by atoms with Crippen molar-refractivity contribution >= 4 is 11.8 Å². The molecule has 2 N–H and O–H groups in total. The van der Waals surface area contributed by atoms with E-state index in [0.29, 0.717) is 16.7 Å². The summed E-state index contributed by atoms with van der Waals surface area (Å²) in [5.41, 5.74) is 6.45. The molecule has 0 aliphatic rings. The Kier molecular flexibility index (Phi) is 7.37. The number of esters is 1. The molecule has 4 rings (SSSR count). The number of anilines is 1. The molecule has 3 aromatic carbocycles. The quantitative estimate of drug-likeness (QED) is 0.231. The van der Waals surface area contributed by atoms with Crippen molar-refractivity contribution in [1.82, 2.24) is 9.97 Å². The van der Waals surface area contributed by atoms with E-state index in [4.69, 9.17) is 15.2 Å². The molecule has 0 amide bonds. The first-order valence-electron chi connectivity index (χ1n) is 11.1. The number of benzene rings is 3. The van der Waals surface area contributed by atoms with Crippen LogP contribution in [-0.4, -0.2) is 22.5 Å². The van der Waals surface area contributed by atoms with Gasteiger partial charge >= 0.3 is 12.1 Å². The van der Waals surface area contributed by atoms with Crippen LogP contribution in [0.4, 0.5) is 23.4 Å². The van der Waals surface area contributed by atoms with Crippen molar-refractivity contribution in [2.24, 2.45) is 0 Å². The van der Waals surface area contributed by atoms with Crippen molar-refractivity contribution in [3.05, 3.63) is 95.6 Å². The smallest absolute Gasteiger partial charge is 0.416 e. The molecule has 0 spiro atoms. The number of nitrogens with zero attached hydrogens (tertiary/aromatic N) is 2. The van der Waals surface area contributed by atoms with Crippen molar-refractivity contribution < 1.29 is 31.8 Å². The predicted molar refractivity (Wildman–Crippen MR) is 129 cm³/mol. The highest BCUT2D eigenvalue weighted by molar-refractivity contribution is 5.93. The maximum atomic E-state index is 13.6. The summed E-state index contributed by atoms with van der Waals surface area (Å²) in [7, 11) is 0. The molecular weight excluding hydrogens is 490 g/mol. The number of hydrogen-bond donors (Lipinski definition) is 1. The molecule has 10 heteroatoms. The Morgan fingerprint density at radius 1 is 0.973 bits per heavy atom. The van der Waals surface area contributed by atoms with Gasteiger partial charge in [0.15, 0.2) is 11.5 Å². The summed E-state index contributed by atoms with van der Waals surface area (Å²) in [6, 6.07) is 15.3. The van der Waals surface area contributed by atoms with E-state index in [-0.39, 0.29) is 41.7 Å². The van der Waals surface area contributed by atoms with Crippen LogP contribution in [0.2, 0.25) is 0 Å². The van der Waals surface area contributed by atoms with E-state index >= 15 is 0 Å². The zero-order valence-electron chi connectivity index (χ0n) is 19.6. The highest BCUT2D eigenvalue weighted by Crippen LogP contribution is 2.41. The molecule has 0 unspecified atom stereocenters. The number of aromatic nitrogens is 2. The summed E-state index contributed by atoms with van der Waals surface area (Å²) in [6.07, 6.45) is -3.28. The molecule has 0 saturated heterocycles. The zero-order valence-corrected chi connectivity index (χ0v) is 19.6. The standard InChI is InChI=1S/C27H21F4N3O3/c1-2-36-26(35)24-25(32)33-14-22(34-24)20-6-4-3-5-19(20)21-13-17(27(29,30)31)9-12-23(21)37-15-16-7-10-18(28)11-8-16/h3-14H,2,15H2,1H3,(H2,32,33). The first-order chi connectivity index (χ1) is 17.7. The first kappa shape index (κ1) is 25.6. The molecule has 1 aromatic heterocycles. The van der Waals surface area contributed by atoms with E-state index in [2.05, 4.69) is 9.97 Å². The number of ether oxygens (including phenoxy) is 2. The Bertz CT molecular complexity index is 1420. The minimum Gasteiger partial charge on any atom is -0.488 e. The fourth-order valence-electron chi connectivity index (χ4n) is 3.60. The van der Waals surface area contributed by atoms with Gasteiger partial charge in [0.05, 0.1) is 24.1 Å². The van der Waals surface area contributed by atoms with Crippen LogP contribution in [0.1, 0.15) is 28.5 Å². The van der Waals surface area contributed by atoms with Gasteiger partial charge in [-0.3, -0.25) is 0 Å². The molecule has 190 valence electrons. The molecule has 0 bridgehead atoms. The molecule has 0 aliphatic carbocycles. The summed E-state index contributed by atoms with van der Waals surface area (Å²) in [4.78, 5) is 20.6. The molecule has 0 saturated carbocycles. The van der Waals surface area contributed by atoms with Crippen molar-refractivity contribution in [3.63, 3.8) is 0 Å². The lowest BCUT2D eigenvalue weighted by molar-refractivity contribution is -0.137. The van der Waals surface area contributed by atoms with E-state index in [0.717, 1.165) is 12.1 Å². The number of hydrogen-bond acceptors (Lipinski definition) is 6. The Hall–Kier alpha value is -4.47. The number of halogens is 4. The molecule has 6 nitrogen and oxygen atoms in total. The van der Waals surface area contributed by atoms with Crippen LogP contribution in [0, 0.1) is 5.82 Å². The molecule has 4 aromatic rings. The lowest BCUT2D eigenvalue weighted by atomic mass is 9.95. The second-order valence-corrected chi connectivity index (χ2v) is 7.88. The number of nitrogens with two attached hydrogens (primary N) is 1. The topological polar surface area (TPSA) is 87.3 Å². The highest BCUT2D eigenvalue weighted by Gasteiger charge is 2.32. The van der Waals surface area contributed by atoms with E-state index in [9.17, 15) is 22.4 Å². The molecule has 0 fully saturated rings. The summed E-state index contributed by atoms with van der Waals surface area (Å²) < 4.78 is 65.0. The van der Waals surface area contributed by atoms with E-state index < -0.39 is 23.5 Å². The number of nitrogen functional groups attached to an aromatic ring is 1. The zero-order chi connectivity index (χ0) is 26.6. The van der Waals surface area contributed by atoms with Gasteiger partial charge in [0.25, 0.3) is 0 Å². The highest BCUT2D eigenvalue weighted by atomic mass is 19.4. The Labute approximate surface area is 209 Å². The van der Waals surface area contributed by atoms with Gasteiger partial charge in [-0.2, -0.15) is 13.2 Å². The third kappa shape index (κ3) is 5.85. The largest absolute Gasteiger partial charge is 0.488 e. The van der Waals surface area contributed by atoms with E-state index in [1.165, 1.54) is 36.5 Å². The molecular formula is C27H21F4N3O3. The van der Waals surface area contributed by atoms with Crippen LogP contribution >= 0.6 is 0 Å². The van der Waals surface area contributed by atoms with E-state index in [1.54, 1.807) is 31.2 Å². The Balaban J connectivity index is 1.81. The minimum atomic E-state index is -4.60. The Morgan fingerprint density at radius 3 is 2.35 bits per heavy atom. The van der Waals surface area contributed by atoms with Crippen LogP contribution in [0.5, 0.6) is 5.75 Å². The Morgan fingerprint density at radius 2 is 1.68 bits per heavy atom. The fourth-order valence-corrected chi connectivity index (χ4v) is 3.60. The number of carbonyl (C=O) groups is 1. The lowest BCUT2D eigenvalue weighted by Gasteiger charge is -2.17. The molecule has 0 radical (unpaired) electrons. The van der Waals surface area contributed by atoms with Crippen molar-refractivity contribution in [2.75, 3.05) is 12.3 Å². The third-order valence-electron chi connectivity index (χ3n) is 5.38. The maximum Gasteiger partial charge on any atom is 0.416 e. The van der Waals surface area contributed by atoms with Gasteiger partial charge in [0, 0.05) is 11.1 Å². The van der Waals surface area contributed by atoms with Gasteiger partial charge in [-0.25, -0.2) is 19.2 Å². The fraction of sp³-hybridized carbons (Fsp3) is 0.148.